The highest BCUT2D eigenvalue weighted by Gasteiger charge is 2.12. The molecule has 1 aromatic carbocycles. The largest absolute Gasteiger partial charge is 0.435 e. The standard InChI is InChI=1S/C14H13F2N5O2/c1-20(13(22)8-21-9-18-12(6-17)19-21)7-10-2-4-11(5-3-10)23-14(15)16/h2-5,9,14H,7-8H2,1H3. The topological polar surface area (TPSA) is 84.0 Å². The minimum Gasteiger partial charge on any atom is -0.435 e. The van der Waals surface area contributed by atoms with Crippen molar-refractivity contribution in [3.63, 3.8) is 0 Å². The van der Waals surface area contributed by atoms with Crippen LogP contribution in [0.5, 0.6) is 5.75 Å². The van der Waals surface area contributed by atoms with Crippen LogP contribution in [0.2, 0.25) is 0 Å². The first-order chi connectivity index (χ1) is 11.0. The van der Waals surface area contributed by atoms with Crippen LogP contribution in [-0.2, 0) is 17.9 Å². The van der Waals surface area contributed by atoms with E-state index in [1.807, 2.05) is 0 Å². The molecule has 1 amide bonds. The summed E-state index contributed by atoms with van der Waals surface area (Å²) in [4.78, 5) is 17.2. The van der Waals surface area contributed by atoms with E-state index in [1.165, 1.54) is 28.0 Å². The normalized spacial score (nSPS) is 10.4. The number of benzene rings is 1. The molecule has 0 spiro atoms. The SMILES string of the molecule is CN(Cc1ccc(OC(F)F)cc1)C(=O)Cn1cnc(C#N)n1. The van der Waals surface area contributed by atoms with Crippen LogP contribution in [0, 0.1) is 11.3 Å². The van der Waals surface area contributed by atoms with Gasteiger partial charge in [0.05, 0.1) is 0 Å². The number of alkyl halides is 2. The summed E-state index contributed by atoms with van der Waals surface area (Å²) in [6, 6.07) is 7.81. The highest BCUT2D eigenvalue weighted by molar-refractivity contribution is 5.75. The molecule has 2 aromatic rings. The highest BCUT2D eigenvalue weighted by Crippen LogP contribution is 2.15. The Hall–Kier alpha value is -3.02. The van der Waals surface area contributed by atoms with Gasteiger partial charge in [-0.1, -0.05) is 12.1 Å². The predicted octanol–water partition coefficient (Wildman–Crippen LogP) is 1.41. The Labute approximate surface area is 130 Å². The molecule has 1 heterocycles. The molecule has 23 heavy (non-hydrogen) atoms. The second-order valence-corrected chi connectivity index (χ2v) is 4.65. The lowest BCUT2D eigenvalue weighted by Crippen LogP contribution is -2.30. The molecule has 7 nitrogen and oxygen atoms in total. The van der Waals surface area contributed by atoms with Gasteiger partial charge in [-0.25, -0.2) is 9.67 Å². The van der Waals surface area contributed by atoms with E-state index >= 15 is 0 Å². The number of nitriles is 1. The molecule has 0 fully saturated rings. The highest BCUT2D eigenvalue weighted by atomic mass is 19.3. The molecule has 0 saturated carbocycles. The number of halogens is 2. The maximum absolute atomic E-state index is 12.1. The zero-order valence-electron chi connectivity index (χ0n) is 12.2. The zero-order valence-corrected chi connectivity index (χ0v) is 12.2. The summed E-state index contributed by atoms with van der Waals surface area (Å²) in [7, 11) is 1.61. The van der Waals surface area contributed by atoms with E-state index in [2.05, 4.69) is 14.8 Å². The van der Waals surface area contributed by atoms with Gasteiger partial charge < -0.3 is 9.64 Å². The molecule has 120 valence electrons. The van der Waals surface area contributed by atoms with E-state index in [-0.39, 0.29) is 24.0 Å². The lowest BCUT2D eigenvalue weighted by Gasteiger charge is -2.17. The summed E-state index contributed by atoms with van der Waals surface area (Å²) in [6.45, 7) is -2.61. The van der Waals surface area contributed by atoms with E-state index in [4.69, 9.17) is 5.26 Å². The van der Waals surface area contributed by atoms with E-state index in [0.717, 1.165) is 5.56 Å². The Morgan fingerprint density at radius 3 is 2.70 bits per heavy atom. The molecule has 0 aliphatic heterocycles. The first kappa shape index (κ1) is 16.4. The Bertz CT molecular complexity index is 709. The second-order valence-electron chi connectivity index (χ2n) is 4.65. The Kier molecular flexibility index (Phi) is 5.19. The van der Waals surface area contributed by atoms with Gasteiger partial charge in [-0.15, -0.1) is 5.10 Å². The van der Waals surface area contributed by atoms with Gasteiger partial charge in [0.15, 0.2) is 0 Å². The van der Waals surface area contributed by atoms with Crippen LogP contribution < -0.4 is 4.74 Å². The lowest BCUT2D eigenvalue weighted by atomic mass is 10.2. The third-order valence-electron chi connectivity index (χ3n) is 2.93. The average molecular weight is 321 g/mol. The minimum absolute atomic E-state index is 0.00456. The fourth-order valence-corrected chi connectivity index (χ4v) is 1.82. The van der Waals surface area contributed by atoms with E-state index in [9.17, 15) is 13.6 Å². The summed E-state index contributed by atoms with van der Waals surface area (Å²) in [5.41, 5.74) is 0.763. The number of carbonyl (C=O) groups excluding carboxylic acids is 1. The predicted molar refractivity (Wildman–Crippen MR) is 74.3 cm³/mol. The van der Waals surface area contributed by atoms with Gasteiger partial charge in [-0.05, 0) is 17.7 Å². The van der Waals surface area contributed by atoms with Crippen molar-refractivity contribution in [3.8, 4) is 11.8 Å². The summed E-state index contributed by atoms with van der Waals surface area (Å²) >= 11 is 0. The van der Waals surface area contributed by atoms with Crippen LogP contribution in [0.4, 0.5) is 8.78 Å². The number of likely N-dealkylation sites (N-methyl/N-ethyl adjacent to an activating group) is 1. The fourth-order valence-electron chi connectivity index (χ4n) is 1.82. The lowest BCUT2D eigenvalue weighted by molar-refractivity contribution is -0.131. The van der Waals surface area contributed by atoms with Crippen LogP contribution in [0.15, 0.2) is 30.6 Å². The fraction of sp³-hybridized carbons (Fsp3) is 0.286. The summed E-state index contributed by atoms with van der Waals surface area (Å²) < 4.78 is 29.7. The number of hydrogen-bond acceptors (Lipinski definition) is 5. The zero-order chi connectivity index (χ0) is 16.8. The van der Waals surface area contributed by atoms with Crippen molar-refractivity contribution in [1.82, 2.24) is 19.7 Å². The number of rotatable bonds is 6. The van der Waals surface area contributed by atoms with Crippen molar-refractivity contribution >= 4 is 5.91 Å². The van der Waals surface area contributed by atoms with Crippen molar-refractivity contribution in [2.45, 2.75) is 19.7 Å². The number of amides is 1. The maximum Gasteiger partial charge on any atom is 0.387 e. The number of aromatic nitrogens is 3. The van der Waals surface area contributed by atoms with Crippen molar-refractivity contribution in [2.24, 2.45) is 0 Å². The second kappa shape index (κ2) is 7.31. The smallest absolute Gasteiger partial charge is 0.387 e. The molecule has 1 aromatic heterocycles. The molecule has 0 aliphatic carbocycles. The van der Waals surface area contributed by atoms with Crippen molar-refractivity contribution in [2.75, 3.05) is 7.05 Å². The summed E-state index contributed by atoms with van der Waals surface area (Å²) in [6.07, 6.45) is 1.31. The molecule has 0 atom stereocenters. The molecule has 0 aliphatic rings. The van der Waals surface area contributed by atoms with Crippen molar-refractivity contribution in [1.29, 1.82) is 5.26 Å². The summed E-state index contributed by atoms with van der Waals surface area (Å²) in [5.74, 6) is -0.174. The quantitative estimate of drug-likeness (QED) is 0.803. The van der Waals surface area contributed by atoms with Crippen LogP contribution in [0.1, 0.15) is 11.4 Å². The van der Waals surface area contributed by atoms with Gasteiger partial charge in [0, 0.05) is 13.6 Å². The number of ether oxygens (including phenoxy) is 1. The van der Waals surface area contributed by atoms with Crippen LogP contribution in [-0.4, -0.2) is 39.2 Å². The van der Waals surface area contributed by atoms with Gasteiger partial charge in [-0.2, -0.15) is 14.0 Å². The van der Waals surface area contributed by atoms with E-state index in [0.29, 0.717) is 6.54 Å². The first-order valence-corrected chi connectivity index (χ1v) is 6.55. The van der Waals surface area contributed by atoms with Crippen LogP contribution >= 0.6 is 0 Å². The van der Waals surface area contributed by atoms with Gasteiger partial charge in [0.25, 0.3) is 5.82 Å². The van der Waals surface area contributed by atoms with E-state index < -0.39 is 6.61 Å². The minimum atomic E-state index is -2.87. The Morgan fingerprint density at radius 2 is 2.13 bits per heavy atom. The van der Waals surface area contributed by atoms with Gasteiger partial charge in [0.1, 0.15) is 24.7 Å². The molecule has 0 bridgehead atoms. The molecule has 0 radical (unpaired) electrons. The molecule has 2 rings (SSSR count). The van der Waals surface area contributed by atoms with Gasteiger partial charge in [-0.3, -0.25) is 4.79 Å². The number of carbonyl (C=O) groups is 1. The van der Waals surface area contributed by atoms with Crippen LogP contribution in [0.3, 0.4) is 0 Å². The third kappa shape index (κ3) is 4.74. The molecule has 9 heteroatoms. The molecule has 0 N–H and O–H groups in total. The Morgan fingerprint density at radius 1 is 1.43 bits per heavy atom. The van der Waals surface area contributed by atoms with Crippen molar-refractivity contribution in [3.05, 3.63) is 42.0 Å². The maximum atomic E-state index is 12.1. The van der Waals surface area contributed by atoms with Gasteiger partial charge >= 0.3 is 6.61 Å². The summed E-state index contributed by atoms with van der Waals surface area (Å²) in [5, 5.41) is 12.4. The first-order valence-electron chi connectivity index (χ1n) is 6.55. The van der Waals surface area contributed by atoms with Gasteiger partial charge in [0.2, 0.25) is 5.91 Å². The molecule has 0 unspecified atom stereocenters. The number of hydrogen-bond donors (Lipinski definition) is 0. The average Bonchev–Trinajstić information content (AvgIpc) is 2.96. The molecular formula is C14H13F2N5O2. The Balaban J connectivity index is 1.91. The van der Waals surface area contributed by atoms with Crippen LogP contribution in [0.25, 0.3) is 0 Å². The monoisotopic (exact) mass is 321 g/mol. The third-order valence-corrected chi connectivity index (χ3v) is 2.93. The van der Waals surface area contributed by atoms with Crippen molar-refractivity contribution < 1.29 is 18.3 Å². The molecule has 0 saturated heterocycles. The van der Waals surface area contributed by atoms with E-state index in [1.54, 1.807) is 25.2 Å². The molecular weight excluding hydrogens is 308 g/mol. The number of nitrogens with zero attached hydrogens (tertiary/aromatic N) is 5.